The highest BCUT2D eigenvalue weighted by atomic mass is 79.9. The summed E-state index contributed by atoms with van der Waals surface area (Å²) in [6.07, 6.45) is 0. The Morgan fingerprint density at radius 2 is 1.73 bits per heavy atom. The molecule has 1 heterocycles. The fourth-order valence-corrected chi connectivity index (χ4v) is 3.16. The predicted molar refractivity (Wildman–Crippen MR) is 96.0 cm³/mol. The van der Waals surface area contributed by atoms with Crippen molar-refractivity contribution in [2.24, 2.45) is 0 Å². The Balaban J connectivity index is 2.18. The maximum Gasteiger partial charge on any atom is 0.135 e. The molecule has 0 bridgehead atoms. The number of fused-ring (bicyclic) bond motifs is 1. The monoisotopic (exact) mass is 357 g/mol. The fourth-order valence-electron chi connectivity index (χ4n) is 2.80. The van der Waals surface area contributed by atoms with Gasteiger partial charge in [0.25, 0.3) is 0 Å². The summed E-state index contributed by atoms with van der Waals surface area (Å²) < 4.78 is 7.26. The molecule has 0 fully saturated rings. The van der Waals surface area contributed by atoms with E-state index < -0.39 is 0 Å². The number of halogens is 1. The van der Waals surface area contributed by atoms with Crippen LogP contribution in [0.4, 0.5) is 0 Å². The summed E-state index contributed by atoms with van der Waals surface area (Å²) in [7, 11) is 0. The minimum atomic E-state index is 0.837. The van der Waals surface area contributed by atoms with Gasteiger partial charge in [0.2, 0.25) is 0 Å². The number of hydrogen-bond donors (Lipinski definition) is 0. The summed E-state index contributed by atoms with van der Waals surface area (Å²) in [4.78, 5) is 2.37. The van der Waals surface area contributed by atoms with Gasteiger partial charge < -0.3 is 4.42 Å². The lowest BCUT2D eigenvalue weighted by atomic mass is 10.0. The summed E-state index contributed by atoms with van der Waals surface area (Å²) >= 11 is 3.57. The first-order valence-electron chi connectivity index (χ1n) is 7.71. The fraction of sp³-hybridized carbons (Fsp3) is 0.263. The number of benzene rings is 2. The molecule has 0 spiro atoms. The zero-order chi connectivity index (χ0) is 15.5. The van der Waals surface area contributed by atoms with Gasteiger partial charge in [0, 0.05) is 15.4 Å². The largest absolute Gasteiger partial charge is 0.459 e. The van der Waals surface area contributed by atoms with E-state index in [1.165, 1.54) is 16.5 Å². The lowest BCUT2D eigenvalue weighted by Gasteiger charge is -2.17. The highest BCUT2D eigenvalue weighted by molar-refractivity contribution is 9.10. The summed E-state index contributed by atoms with van der Waals surface area (Å²) in [5, 5.41) is 1.17. The van der Waals surface area contributed by atoms with Crippen LogP contribution in [0.15, 0.2) is 57.4 Å². The van der Waals surface area contributed by atoms with Gasteiger partial charge in [-0.25, -0.2) is 0 Å². The van der Waals surface area contributed by atoms with Crippen LogP contribution < -0.4 is 0 Å². The Kier molecular flexibility index (Phi) is 4.65. The third-order valence-electron chi connectivity index (χ3n) is 4.05. The van der Waals surface area contributed by atoms with Crippen LogP contribution in [0.1, 0.15) is 19.6 Å². The van der Waals surface area contributed by atoms with Crippen molar-refractivity contribution in [3.05, 3.63) is 58.8 Å². The molecule has 0 atom stereocenters. The van der Waals surface area contributed by atoms with E-state index in [1.54, 1.807) is 0 Å². The number of rotatable bonds is 5. The van der Waals surface area contributed by atoms with Gasteiger partial charge in [-0.1, -0.05) is 60.1 Å². The highest BCUT2D eigenvalue weighted by Gasteiger charge is 2.17. The van der Waals surface area contributed by atoms with Gasteiger partial charge in [0.05, 0.1) is 6.54 Å². The number of hydrogen-bond acceptors (Lipinski definition) is 2. The summed E-state index contributed by atoms with van der Waals surface area (Å²) in [6.45, 7) is 7.25. The second kappa shape index (κ2) is 6.67. The van der Waals surface area contributed by atoms with Crippen molar-refractivity contribution in [2.75, 3.05) is 13.1 Å². The average molecular weight is 358 g/mol. The first kappa shape index (κ1) is 15.3. The quantitative estimate of drug-likeness (QED) is 0.581. The second-order valence-corrected chi connectivity index (χ2v) is 6.28. The topological polar surface area (TPSA) is 16.4 Å². The summed E-state index contributed by atoms with van der Waals surface area (Å²) in [5.74, 6) is 1.04. The Morgan fingerprint density at radius 3 is 2.41 bits per heavy atom. The van der Waals surface area contributed by atoms with E-state index in [0.717, 1.165) is 35.5 Å². The average Bonchev–Trinajstić information content (AvgIpc) is 2.90. The van der Waals surface area contributed by atoms with Crippen molar-refractivity contribution in [2.45, 2.75) is 20.4 Å². The van der Waals surface area contributed by atoms with Crippen molar-refractivity contribution in [1.82, 2.24) is 4.90 Å². The summed E-state index contributed by atoms with van der Waals surface area (Å²) in [5.41, 5.74) is 3.37. The minimum Gasteiger partial charge on any atom is -0.459 e. The molecule has 1 aromatic heterocycles. The molecule has 2 nitrogen and oxygen atoms in total. The SMILES string of the molecule is CCN(CC)Cc1oc2ccc(Br)cc2c1-c1ccccc1. The molecule has 2 aromatic carbocycles. The lowest BCUT2D eigenvalue weighted by molar-refractivity contribution is 0.273. The van der Waals surface area contributed by atoms with E-state index in [-0.39, 0.29) is 0 Å². The standard InChI is InChI=1S/C19H20BrNO/c1-3-21(4-2)13-18-19(14-8-6-5-7-9-14)16-12-15(20)10-11-17(16)22-18/h5-12H,3-4,13H2,1-2H3. The van der Waals surface area contributed by atoms with E-state index >= 15 is 0 Å². The molecule has 0 N–H and O–H groups in total. The third-order valence-corrected chi connectivity index (χ3v) is 4.54. The molecule has 0 unspecified atom stereocenters. The normalized spacial score (nSPS) is 11.5. The predicted octanol–water partition coefficient (Wildman–Crippen LogP) is 5.70. The molecule has 22 heavy (non-hydrogen) atoms. The van der Waals surface area contributed by atoms with Crippen LogP contribution in [-0.2, 0) is 6.54 Å². The van der Waals surface area contributed by atoms with Crippen LogP contribution in [0.3, 0.4) is 0 Å². The molecule has 3 heteroatoms. The molecular formula is C19H20BrNO. The van der Waals surface area contributed by atoms with Crippen LogP contribution in [0.2, 0.25) is 0 Å². The smallest absolute Gasteiger partial charge is 0.135 e. The molecule has 0 saturated carbocycles. The van der Waals surface area contributed by atoms with Crippen LogP contribution >= 0.6 is 15.9 Å². The van der Waals surface area contributed by atoms with E-state index in [0.29, 0.717) is 0 Å². The zero-order valence-corrected chi connectivity index (χ0v) is 14.6. The van der Waals surface area contributed by atoms with Crippen molar-refractivity contribution in [3.8, 4) is 11.1 Å². The van der Waals surface area contributed by atoms with Crippen LogP contribution in [-0.4, -0.2) is 18.0 Å². The highest BCUT2D eigenvalue weighted by Crippen LogP contribution is 2.36. The molecule has 0 amide bonds. The van der Waals surface area contributed by atoms with Crippen LogP contribution in [0.25, 0.3) is 22.1 Å². The maximum atomic E-state index is 6.18. The number of nitrogens with zero attached hydrogens (tertiary/aromatic N) is 1. The molecule has 0 aliphatic carbocycles. The Labute approximate surface area is 139 Å². The Bertz CT molecular complexity index is 760. The zero-order valence-electron chi connectivity index (χ0n) is 13.0. The van der Waals surface area contributed by atoms with E-state index in [4.69, 9.17) is 4.42 Å². The lowest BCUT2D eigenvalue weighted by Crippen LogP contribution is -2.22. The van der Waals surface area contributed by atoms with Crippen molar-refractivity contribution in [3.63, 3.8) is 0 Å². The van der Waals surface area contributed by atoms with Crippen molar-refractivity contribution >= 4 is 26.9 Å². The van der Waals surface area contributed by atoms with E-state index in [2.05, 4.69) is 65.0 Å². The minimum absolute atomic E-state index is 0.837. The van der Waals surface area contributed by atoms with Gasteiger partial charge in [-0.3, -0.25) is 4.90 Å². The van der Waals surface area contributed by atoms with Gasteiger partial charge in [-0.2, -0.15) is 0 Å². The van der Waals surface area contributed by atoms with Crippen LogP contribution in [0, 0.1) is 0 Å². The molecular weight excluding hydrogens is 338 g/mol. The Morgan fingerprint density at radius 1 is 1.00 bits per heavy atom. The number of furan rings is 1. The molecule has 3 aromatic rings. The van der Waals surface area contributed by atoms with Gasteiger partial charge in [-0.05, 0) is 36.9 Å². The second-order valence-electron chi connectivity index (χ2n) is 5.37. The molecule has 0 saturated heterocycles. The molecule has 3 rings (SSSR count). The van der Waals surface area contributed by atoms with Gasteiger partial charge >= 0.3 is 0 Å². The summed E-state index contributed by atoms with van der Waals surface area (Å²) in [6, 6.07) is 16.7. The molecule has 0 aliphatic rings. The molecule has 0 aliphatic heterocycles. The van der Waals surface area contributed by atoms with Crippen molar-refractivity contribution < 1.29 is 4.42 Å². The van der Waals surface area contributed by atoms with Crippen LogP contribution in [0.5, 0.6) is 0 Å². The van der Waals surface area contributed by atoms with Crippen molar-refractivity contribution in [1.29, 1.82) is 0 Å². The molecule has 0 radical (unpaired) electrons. The Hall–Kier alpha value is -1.58. The van der Waals surface area contributed by atoms with E-state index in [1.807, 2.05) is 18.2 Å². The van der Waals surface area contributed by atoms with Gasteiger partial charge in [0.1, 0.15) is 11.3 Å². The third kappa shape index (κ3) is 2.96. The van der Waals surface area contributed by atoms with E-state index in [9.17, 15) is 0 Å². The first-order valence-corrected chi connectivity index (χ1v) is 8.51. The molecule has 114 valence electrons. The van der Waals surface area contributed by atoms with Gasteiger partial charge in [-0.15, -0.1) is 0 Å². The first-order chi connectivity index (χ1) is 10.7. The maximum absolute atomic E-state index is 6.18. The van der Waals surface area contributed by atoms with Gasteiger partial charge in [0.15, 0.2) is 0 Å².